The lowest BCUT2D eigenvalue weighted by atomic mass is 10.0. The van der Waals surface area contributed by atoms with Crippen LogP contribution in [0.15, 0.2) is 0 Å². The highest BCUT2D eigenvalue weighted by atomic mass is 16.7. The number of unbranched alkanes of at least 4 members (excludes halogenated alkanes) is 2. The van der Waals surface area contributed by atoms with Gasteiger partial charge in [-0.1, -0.05) is 40.5 Å². The van der Waals surface area contributed by atoms with Gasteiger partial charge in [-0.2, -0.15) is 0 Å². The van der Waals surface area contributed by atoms with Gasteiger partial charge < -0.3 is 10.2 Å². The van der Waals surface area contributed by atoms with Crippen LogP contribution in [-0.4, -0.2) is 40.6 Å². The Morgan fingerprint density at radius 2 is 1.56 bits per heavy atom. The second-order valence-corrected chi connectivity index (χ2v) is 7.43. The molecule has 1 heterocycles. The van der Waals surface area contributed by atoms with Crippen molar-refractivity contribution in [3.63, 3.8) is 0 Å². The monoisotopic (exact) mass is 382 g/mol. The molecule has 0 aromatic heterocycles. The Labute approximate surface area is 159 Å². The molecule has 1 fully saturated rings. The van der Waals surface area contributed by atoms with Gasteiger partial charge in [-0.3, -0.25) is 19.2 Å². The summed E-state index contributed by atoms with van der Waals surface area (Å²) in [4.78, 5) is 64.1. The first-order valence-electron chi connectivity index (χ1n) is 9.54. The minimum absolute atomic E-state index is 0.00795. The van der Waals surface area contributed by atoms with Crippen LogP contribution < -0.4 is 5.32 Å². The van der Waals surface area contributed by atoms with Crippen LogP contribution in [0, 0.1) is 11.8 Å². The minimum atomic E-state index is -0.943. The number of hydrogen-bond acceptors (Lipinski definition) is 6. The van der Waals surface area contributed by atoms with Gasteiger partial charge in [0.2, 0.25) is 5.91 Å². The first-order valence-corrected chi connectivity index (χ1v) is 9.54. The van der Waals surface area contributed by atoms with Crippen molar-refractivity contribution >= 4 is 29.5 Å². The summed E-state index contributed by atoms with van der Waals surface area (Å²) in [6.45, 7) is 7.11. The number of ketones is 1. The zero-order valence-electron chi connectivity index (χ0n) is 16.6. The van der Waals surface area contributed by atoms with Gasteiger partial charge in [0, 0.05) is 31.1 Å². The Morgan fingerprint density at radius 3 is 2.07 bits per heavy atom. The summed E-state index contributed by atoms with van der Waals surface area (Å²) in [6, 6.07) is -0.943. The SMILES string of the molecule is CC(C)C(=O)CCCCCC(NC(=O)C(C)C)C(=O)ON1C(=O)CCC1=O. The van der Waals surface area contributed by atoms with E-state index in [1.165, 1.54) is 0 Å². The van der Waals surface area contributed by atoms with Crippen molar-refractivity contribution in [3.8, 4) is 0 Å². The number of rotatable bonds is 11. The van der Waals surface area contributed by atoms with Gasteiger partial charge in [0.15, 0.2) is 0 Å². The Balaban J connectivity index is 2.57. The molecule has 1 saturated heterocycles. The lowest BCUT2D eigenvalue weighted by Gasteiger charge is -2.21. The van der Waals surface area contributed by atoms with Crippen molar-refractivity contribution in [3.05, 3.63) is 0 Å². The normalized spacial score (nSPS) is 15.4. The molecule has 0 radical (unpaired) electrons. The van der Waals surface area contributed by atoms with Gasteiger partial charge in [0.1, 0.15) is 11.8 Å². The molecule has 1 aliphatic heterocycles. The van der Waals surface area contributed by atoms with Crippen molar-refractivity contribution in [2.75, 3.05) is 0 Å². The van der Waals surface area contributed by atoms with Crippen LogP contribution in [0.4, 0.5) is 0 Å². The van der Waals surface area contributed by atoms with E-state index < -0.39 is 23.8 Å². The molecule has 1 unspecified atom stereocenters. The third kappa shape index (κ3) is 7.48. The molecule has 152 valence electrons. The molecule has 0 aliphatic carbocycles. The molecule has 1 aliphatic rings. The van der Waals surface area contributed by atoms with Crippen LogP contribution in [0.5, 0.6) is 0 Å². The zero-order valence-corrected chi connectivity index (χ0v) is 16.6. The summed E-state index contributed by atoms with van der Waals surface area (Å²) in [5.74, 6) is -2.38. The summed E-state index contributed by atoms with van der Waals surface area (Å²) < 4.78 is 0. The molecule has 1 N–H and O–H groups in total. The van der Waals surface area contributed by atoms with Crippen molar-refractivity contribution in [2.45, 2.75) is 78.7 Å². The lowest BCUT2D eigenvalue weighted by Crippen LogP contribution is -2.46. The fourth-order valence-electron chi connectivity index (χ4n) is 2.51. The van der Waals surface area contributed by atoms with Gasteiger partial charge >= 0.3 is 5.97 Å². The maximum Gasteiger partial charge on any atom is 0.355 e. The zero-order chi connectivity index (χ0) is 20.6. The number of imide groups is 1. The number of nitrogens with one attached hydrogen (secondary N) is 1. The molecule has 8 nitrogen and oxygen atoms in total. The Kier molecular flexibility index (Phi) is 9.11. The van der Waals surface area contributed by atoms with Crippen molar-refractivity contribution < 1.29 is 28.8 Å². The predicted molar refractivity (Wildman–Crippen MR) is 96.9 cm³/mol. The molecule has 1 rings (SSSR count). The number of hydroxylamine groups is 2. The minimum Gasteiger partial charge on any atom is -0.342 e. The second-order valence-electron chi connectivity index (χ2n) is 7.43. The maximum atomic E-state index is 12.4. The van der Waals surface area contributed by atoms with Crippen LogP contribution in [0.2, 0.25) is 0 Å². The molecule has 27 heavy (non-hydrogen) atoms. The predicted octanol–water partition coefficient (Wildman–Crippen LogP) is 1.91. The van der Waals surface area contributed by atoms with Gasteiger partial charge in [-0.25, -0.2) is 4.79 Å². The van der Waals surface area contributed by atoms with E-state index in [2.05, 4.69) is 5.32 Å². The Hall–Kier alpha value is -2.25. The molecule has 0 spiro atoms. The maximum absolute atomic E-state index is 12.4. The molecule has 0 aromatic carbocycles. The fourth-order valence-corrected chi connectivity index (χ4v) is 2.51. The van der Waals surface area contributed by atoms with Crippen LogP contribution in [0.1, 0.15) is 72.6 Å². The fraction of sp³-hybridized carbons (Fsp3) is 0.737. The second kappa shape index (κ2) is 10.8. The molecule has 8 heteroatoms. The summed E-state index contributed by atoms with van der Waals surface area (Å²) in [7, 11) is 0. The summed E-state index contributed by atoms with van der Waals surface area (Å²) >= 11 is 0. The average molecular weight is 382 g/mol. The van der Waals surface area contributed by atoms with Crippen molar-refractivity contribution in [1.82, 2.24) is 10.4 Å². The average Bonchev–Trinajstić information content (AvgIpc) is 2.91. The first-order chi connectivity index (χ1) is 12.6. The van der Waals surface area contributed by atoms with Crippen LogP contribution in [0.3, 0.4) is 0 Å². The molecule has 3 amide bonds. The van der Waals surface area contributed by atoms with E-state index >= 15 is 0 Å². The van der Waals surface area contributed by atoms with E-state index in [1.807, 2.05) is 13.8 Å². The molecule has 0 bridgehead atoms. The van der Waals surface area contributed by atoms with E-state index in [9.17, 15) is 24.0 Å². The van der Waals surface area contributed by atoms with E-state index in [1.54, 1.807) is 13.8 Å². The van der Waals surface area contributed by atoms with Gasteiger partial charge in [-0.15, -0.1) is 5.06 Å². The van der Waals surface area contributed by atoms with E-state index in [0.717, 1.165) is 6.42 Å². The number of hydrogen-bond donors (Lipinski definition) is 1. The van der Waals surface area contributed by atoms with Gasteiger partial charge in [-0.05, 0) is 12.8 Å². The quantitative estimate of drug-likeness (QED) is 0.432. The number of carbonyl (C=O) groups is 5. The Bertz CT molecular complexity index is 569. The topological polar surface area (TPSA) is 110 Å². The van der Waals surface area contributed by atoms with Gasteiger partial charge in [0.05, 0.1) is 0 Å². The van der Waals surface area contributed by atoms with Crippen molar-refractivity contribution in [2.24, 2.45) is 11.8 Å². The first kappa shape index (κ1) is 22.8. The van der Waals surface area contributed by atoms with Gasteiger partial charge in [0.25, 0.3) is 11.8 Å². The van der Waals surface area contributed by atoms with Crippen LogP contribution in [0.25, 0.3) is 0 Å². The van der Waals surface area contributed by atoms with Crippen molar-refractivity contribution in [1.29, 1.82) is 0 Å². The van der Waals surface area contributed by atoms with Crippen LogP contribution in [-0.2, 0) is 28.8 Å². The molecular weight excluding hydrogens is 352 g/mol. The molecular formula is C19H30N2O6. The number of Topliss-reactive ketones (excluding diaryl/α,β-unsaturated/α-hetero) is 1. The summed E-state index contributed by atoms with van der Waals surface area (Å²) in [6.07, 6.45) is 2.86. The molecule has 0 saturated carbocycles. The molecule has 0 aromatic rings. The summed E-state index contributed by atoms with van der Waals surface area (Å²) in [5.41, 5.74) is 0. The highest BCUT2D eigenvalue weighted by Gasteiger charge is 2.35. The van der Waals surface area contributed by atoms with E-state index in [-0.39, 0.29) is 36.4 Å². The highest BCUT2D eigenvalue weighted by molar-refractivity contribution is 6.02. The smallest absolute Gasteiger partial charge is 0.342 e. The molecule has 1 atom stereocenters. The third-order valence-electron chi connectivity index (χ3n) is 4.37. The number of carbonyl (C=O) groups excluding carboxylic acids is 5. The summed E-state index contributed by atoms with van der Waals surface area (Å²) in [5, 5.41) is 3.09. The largest absolute Gasteiger partial charge is 0.355 e. The highest BCUT2D eigenvalue weighted by Crippen LogP contribution is 2.15. The third-order valence-corrected chi connectivity index (χ3v) is 4.37. The van der Waals surface area contributed by atoms with E-state index in [4.69, 9.17) is 4.84 Å². The number of nitrogens with zero attached hydrogens (tertiary/aromatic N) is 1. The lowest BCUT2D eigenvalue weighted by molar-refractivity contribution is -0.199. The van der Waals surface area contributed by atoms with Crippen LogP contribution >= 0.6 is 0 Å². The Morgan fingerprint density at radius 1 is 0.963 bits per heavy atom. The number of amides is 3. The van der Waals surface area contributed by atoms with E-state index in [0.29, 0.717) is 30.7 Å². The standard InChI is InChI=1S/C19H30N2O6/c1-12(2)15(22)9-7-5-6-8-14(20-18(25)13(3)4)19(26)27-21-16(23)10-11-17(21)24/h12-14H,5-11H2,1-4H3,(H,20,25).